The summed E-state index contributed by atoms with van der Waals surface area (Å²) in [6.45, 7) is 1.09. The molecule has 32 heavy (non-hydrogen) atoms. The van der Waals surface area contributed by atoms with Crippen molar-refractivity contribution < 1.29 is 33.4 Å². The van der Waals surface area contributed by atoms with Crippen molar-refractivity contribution in [2.24, 2.45) is 5.92 Å². The number of esters is 1. The van der Waals surface area contributed by atoms with Crippen LogP contribution in [-0.2, 0) is 19.1 Å². The summed E-state index contributed by atoms with van der Waals surface area (Å²) in [6, 6.07) is 11.4. The molecule has 0 aliphatic carbocycles. The second-order valence-corrected chi connectivity index (χ2v) is 7.23. The number of carbonyl (C=O) groups excluding carboxylic acids is 4. The fourth-order valence-corrected chi connectivity index (χ4v) is 3.35. The van der Waals surface area contributed by atoms with Crippen molar-refractivity contribution in [3.8, 4) is 11.5 Å². The lowest BCUT2D eigenvalue weighted by molar-refractivity contribution is -0.151. The normalized spacial score (nSPS) is 15.3. The Balaban J connectivity index is 1.55. The van der Waals surface area contributed by atoms with Crippen LogP contribution >= 0.6 is 0 Å². The number of ketones is 1. The van der Waals surface area contributed by atoms with Crippen LogP contribution in [0.1, 0.15) is 23.7 Å². The molecular weight excluding hydrogens is 416 g/mol. The Bertz CT molecular complexity index is 1030. The van der Waals surface area contributed by atoms with E-state index in [1.807, 2.05) is 0 Å². The number of anilines is 2. The molecule has 0 radical (unpaired) electrons. The summed E-state index contributed by atoms with van der Waals surface area (Å²) >= 11 is 0. The van der Waals surface area contributed by atoms with Gasteiger partial charge >= 0.3 is 5.97 Å². The number of nitrogens with one attached hydrogen (secondary N) is 1. The molecule has 2 aromatic rings. The SMILES string of the molecule is COc1ccc(N2C[C@@H](C(=O)OCC(=O)Nc3ccc(C(C)=O)cc3)CC2=O)c(OC)c1. The molecule has 1 atom stereocenters. The molecular formula is C23H24N2O7. The zero-order valence-electron chi connectivity index (χ0n) is 18.0. The van der Waals surface area contributed by atoms with Gasteiger partial charge in [-0.25, -0.2) is 0 Å². The van der Waals surface area contributed by atoms with Crippen LogP contribution in [0.25, 0.3) is 0 Å². The maximum Gasteiger partial charge on any atom is 0.311 e. The second-order valence-electron chi connectivity index (χ2n) is 7.23. The minimum absolute atomic E-state index is 0.0257. The summed E-state index contributed by atoms with van der Waals surface area (Å²) in [5, 5.41) is 2.59. The van der Waals surface area contributed by atoms with Crippen molar-refractivity contribution in [1.82, 2.24) is 0 Å². The minimum Gasteiger partial charge on any atom is -0.497 e. The summed E-state index contributed by atoms with van der Waals surface area (Å²) < 4.78 is 15.6. The Morgan fingerprint density at radius 1 is 1.06 bits per heavy atom. The van der Waals surface area contributed by atoms with E-state index in [4.69, 9.17) is 14.2 Å². The average Bonchev–Trinajstić information content (AvgIpc) is 3.18. The van der Waals surface area contributed by atoms with Gasteiger partial charge in [0.2, 0.25) is 5.91 Å². The van der Waals surface area contributed by atoms with Gasteiger partial charge in [0.25, 0.3) is 5.91 Å². The Kier molecular flexibility index (Phi) is 7.09. The van der Waals surface area contributed by atoms with Crippen molar-refractivity contribution >= 4 is 34.9 Å². The molecule has 1 aliphatic rings. The molecule has 9 nitrogen and oxygen atoms in total. The van der Waals surface area contributed by atoms with E-state index in [0.717, 1.165) is 0 Å². The number of hydrogen-bond donors (Lipinski definition) is 1. The maximum absolute atomic E-state index is 12.5. The summed E-state index contributed by atoms with van der Waals surface area (Å²) in [5.41, 5.74) is 1.53. The monoisotopic (exact) mass is 440 g/mol. The molecule has 9 heteroatoms. The molecule has 168 valence electrons. The number of Topliss-reactive ketones (excluding diaryl/α,β-unsaturated/α-hetero) is 1. The van der Waals surface area contributed by atoms with Crippen molar-refractivity contribution in [2.45, 2.75) is 13.3 Å². The van der Waals surface area contributed by atoms with Crippen LogP contribution in [0, 0.1) is 5.92 Å². The highest BCUT2D eigenvalue weighted by Crippen LogP contribution is 2.36. The number of rotatable bonds is 8. The number of amides is 2. The predicted octanol–water partition coefficient (Wildman–Crippen LogP) is 2.44. The fraction of sp³-hybridized carbons (Fsp3) is 0.304. The van der Waals surface area contributed by atoms with Crippen molar-refractivity contribution in [1.29, 1.82) is 0 Å². The molecule has 2 amide bonds. The molecule has 0 saturated carbocycles. The number of nitrogens with zero attached hydrogens (tertiary/aromatic N) is 1. The smallest absolute Gasteiger partial charge is 0.311 e. The van der Waals surface area contributed by atoms with Crippen molar-refractivity contribution in [3.05, 3.63) is 48.0 Å². The molecule has 0 spiro atoms. The first-order chi connectivity index (χ1) is 15.3. The van der Waals surface area contributed by atoms with E-state index in [1.165, 1.54) is 26.0 Å². The van der Waals surface area contributed by atoms with Crippen LogP contribution in [-0.4, -0.2) is 50.9 Å². The number of ether oxygens (including phenoxy) is 3. The van der Waals surface area contributed by atoms with Crippen LogP contribution in [0.5, 0.6) is 11.5 Å². The van der Waals surface area contributed by atoms with Crippen LogP contribution in [0.15, 0.2) is 42.5 Å². The van der Waals surface area contributed by atoms with E-state index in [1.54, 1.807) is 42.5 Å². The Labute approximate surface area is 185 Å². The van der Waals surface area contributed by atoms with E-state index in [-0.39, 0.29) is 24.7 Å². The third-order valence-electron chi connectivity index (χ3n) is 5.06. The standard InChI is InChI=1S/C23H24N2O7/c1-14(26)15-4-6-17(7-5-15)24-21(27)13-32-23(29)16-10-22(28)25(12-16)19-9-8-18(30-2)11-20(19)31-3/h4-9,11,16H,10,12-13H2,1-3H3,(H,24,27)/t16-/m0/s1. The Hall–Kier alpha value is -3.88. The second kappa shape index (κ2) is 9.95. The number of methoxy groups -OCH3 is 2. The quantitative estimate of drug-likeness (QED) is 0.496. The lowest BCUT2D eigenvalue weighted by Crippen LogP contribution is -2.28. The molecule has 1 heterocycles. The molecule has 3 rings (SSSR count). The summed E-state index contributed by atoms with van der Waals surface area (Å²) in [5.74, 6) is -1.15. The first-order valence-electron chi connectivity index (χ1n) is 9.92. The van der Waals surface area contributed by atoms with Crippen molar-refractivity contribution in [2.75, 3.05) is 37.6 Å². The van der Waals surface area contributed by atoms with Gasteiger partial charge in [-0.15, -0.1) is 0 Å². The third-order valence-corrected chi connectivity index (χ3v) is 5.06. The molecule has 1 fully saturated rings. The van der Waals surface area contributed by atoms with Gasteiger partial charge in [-0.1, -0.05) is 0 Å². The molecule has 1 saturated heterocycles. The fourth-order valence-electron chi connectivity index (χ4n) is 3.35. The van der Waals surface area contributed by atoms with Gasteiger partial charge in [0.1, 0.15) is 11.5 Å². The number of carbonyl (C=O) groups is 4. The third kappa shape index (κ3) is 5.23. The van der Waals surface area contributed by atoms with Crippen LogP contribution in [0.4, 0.5) is 11.4 Å². The molecule has 0 unspecified atom stereocenters. The summed E-state index contributed by atoms with van der Waals surface area (Å²) in [6.07, 6.45) is -0.0257. The first kappa shape index (κ1) is 22.8. The van der Waals surface area contributed by atoms with Crippen molar-refractivity contribution in [3.63, 3.8) is 0 Å². The summed E-state index contributed by atoms with van der Waals surface area (Å²) in [4.78, 5) is 49.8. The summed E-state index contributed by atoms with van der Waals surface area (Å²) in [7, 11) is 3.01. The van der Waals surface area contributed by atoms with E-state index in [0.29, 0.717) is 28.4 Å². The van der Waals surface area contributed by atoms with Crippen LogP contribution in [0.3, 0.4) is 0 Å². The predicted molar refractivity (Wildman–Crippen MR) is 116 cm³/mol. The average molecular weight is 440 g/mol. The van der Waals surface area contributed by atoms with Gasteiger partial charge in [0.15, 0.2) is 12.4 Å². The molecule has 2 aromatic carbocycles. The zero-order chi connectivity index (χ0) is 23.3. The van der Waals surface area contributed by atoms with E-state index in [9.17, 15) is 19.2 Å². The van der Waals surface area contributed by atoms with E-state index < -0.39 is 24.4 Å². The van der Waals surface area contributed by atoms with Gasteiger partial charge in [-0.2, -0.15) is 0 Å². The maximum atomic E-state index is 12.5. The lowest BCUT2D eigenvalue weighted by Gasteiger charge is -2.20. The van der Waals surface area contributed by atoms with Crippen LogP contribution in [0.2, 0.25) is 0 Å². The zero-order valence-corrected chi connectivity index (χ0v) is 18.0. The van der Waals surface area contributed by atoms with Gasteiger partial charge in [-0.3, -0.25) is 19.2 Å². The van der Waals surface area contributed by atoms with Crippen LogP contribution < -0.4 is 19.7 Å². The Morgan fingerprint density at radius 2 is 1.78 bits per heavy atom. The highest BCUT2D eigenvalue weighted by atomic mass is 16.5. The van der Waals surface area contributed by atoms with Gasteiger partial charge < -0.3 is 24.4 Å². The molecule has 1 N–H and O–H groups in total. The molecule has 1 aliphatic heterocycles. The largest absolute Gasteiger partial charge is 0.497 e. The van der Waals surface area contributed by atoms with Gasteiger partial charge in [0, 0.05) is 30.3 Å². The van der Waals surface area contributed by atoms with Gasteiger partial charge in [-0.05, 0) is 43.3 Å². The first-order valence-corrected chi connectivity index (χ1v) is 9.92. The van der Waals surface area contributed by atoms with E-state index >= 15 is 0 Å². The number of hydrogen-bond acceptors (Lipinski definition) is 7. The lowest BCUT2D eigenvalue weighted by atomic mass is 10.1. The Morgan fingerprint density at radius 3 is 2.41 bits per heavy atom. The minimum atomic E-state index is -0.697. The molecule has 0 aromatic heterocycles. The van der Waals surface area contributed by atoms with E-state index in [2.05, 4.69) is 5.32 Å². The molecule has 0 bridgehead atoms. The topological polar surface area (TPSA) is 111 Å². The highest BCUT2D eigenvalue weighted by Gasteiger charge is 2.37. The van der Waals surface area contributed by atoms with Gasteiger partial charge in [0.05, 0.1) is 25.8 Å². The number of benzene rings is 2. The highest BCUT2D eigenvalue weighted by molar-refractivity contribution is 6.01.